The third kappa shape index (κ3) is 5.49. The highest BCUT2D eigenvalue weighted by Crippen LogP contribution is 2.21. The van der Waals surface area contributed by atoms with E-state index < -0.39 is 21.9 Å². The van der Waals surface area contributed by atoms with Gasteiger partial charge in [-0.1, -0.05) is 12.1 Å². The van der Waals surface area contributed by atoms with Crippen LogP contribution in [0.25, 0.3) is 0 Å². The summed E-state index contributed by atoms with van der Waals surface area (Å²) in [5, 5.41) is 2.68. The number of aryl methyl sites for hydroxylation is 2. The fourth-order valence-electron chi connectivity index (χ4n) is 3.07. The first-order chi connectivity index (χ1) is 14.7. The summed E-state index contributed by atoms with van der Waals surface area (Å²) < 4.78 is 32.6. The molecular formula is C23H22N2O5S. The first-order valence-electron chi connectivity index (χ1n) is 9.39. The highest BCUT2D eigenvalue weighted by molar-refractivity contribution is 7.92. The number of carbonyl (C=O) groups excluding carboxylic acids is 2. The molecule has 1 amide bonds. The van der Waals surface area contributed by atoms with Crippen LogP contribution in [0.1, 0.15) is 31.8 Å². The number of anilines is 2. The van der Waals surface area contributed by atoms with Crippen molar-refractivity contribution in [1.29, 1.82) is 0 Å². The molecule has 0 heterocycles. The van der Waals surface area contributed by atoms with Crippen LogP contribution in [0.15, 0.2) is 71.6 Å². The van der Waals surface area contributed by atoms with E-state index in [4.69, 9.17) is 0 Å². The minimum Gasteiger partial charge on any atom is -0.465 e. The van der Waals surface area contributed by atoms with Gasteiger partial charge in [0.15, 0.2) is 0 Å². The van der Waals surface area contributed by atoms with Gasteiger partial charge in [0.25, 0.3) is 15.9 Å². The van der Waals surface area contributed by atoms with Crippen molar-refractivity contribution < 1.29 is 22.7 Å². The Morgan fingerprint density at radius 3 is 2.03 bits per heavy atom. The zero-order valence-corrected chi connectivity index (χ0v) is 18.1. The Hall–Kier alpha value is -3.65. The zero-order chi connectivity index (χ0) is 22.6. The Bertz CT molecular complexity index is 1210. The topological polar surface area (TPSA) is 102 Å². The predicted octanol–water partition coefficient (Wildman–Crippen LogP) is 4.14. The maximum atomic E-state index is 12.7. The van der Waals surface area contributed by atoms with Crippen molar-refractivity contribution in [3.05, 3.63) is 89.0 Å². The Balaban J connectivity index is 1.74. The third-order valence-corrected chi connectivity index (χ3v) is 5.84. The van der Waals surface area contributed by atoms with E-state index in [1.165, 1.54) is 37.4 Å². The maximum Gasteiger partial charge on any atom is 0.337 e. The first-order valence-corrected chi connectivity index (χ1v) is 10.9. The average Bonchev–Trinajstić information content (AvgIpc) is 2.72. The second-order valence-electron chi connectivity index (χ2n) is 7.03. The van der Waals surface area contributed by atoms with Crippen molar-refractivity contribution in [2.24, 2.45) is 0 Å². The molecule has 0 radical (unpaired) electrons. The molecule has 0 aliphatic carbocycles. The molecule has 0 saturated heterocycles. The molecule has 0 fully saturated rings. The Labute approximate surface area is 181 Å². The minimum atomic E-state index is -3.78. The number of sulfonamides is 1. The fourth-order valence-corrected chi connectivity index (χ4v) is 4.11. The van der Waals surface area contributed by atoms with Crippen molar-refractivity contribution in [2.45, 2.75) is 18.7 Å². The van der Waals surface area contributed by atoms with Gasteiger partial charge in [0.05, 0.1) is 17.6 Å². The van der Waals surface area contributed by atoms with Crippen molar-refractivity contribution >= 4 is 33.3 Å². The zero-order valence-electron chi connectivity index (χ0n) is 17.3. The number of benzene rings is 3. The van der Waals surface area contributed by atoms with Gasteiger partial charge < -0.3 is 10.1 Å². The van der Waals surface area contributed by atoms with Crippen LogP contribution in [0.2, 0.25) is 0 Å². The third-order valence-electron chi connectivity index (χ3n) is 4.44. The number of nitrogens with one attached hydrogen (secondary N) is 2. The van der Waals surface area contributed by atoms with Gasteiger partial charge in [-0.15, -0.1) is 0 Å². The lowest BCUT2D eigenvalue weighted by Gasteiger charge is -2.11. The van der Waals surface area contributed by atoms with Crippen molar-refractivity contribution in [2.75, 3.05) is 17.1 Å². The number of rotatable bonds is 6. The normalized spacial score (nSPS) is 10.9. The van der Waals surface area contributed by atoms with E-state index in [-0.39, 0.29) is 16.0 Å². The van der Waals surface area contributed by atoms with Gasteiger partial charge in [0.1, 0.15) is 0 Å². The van der Waals surface area contributed by atoms with E-state index in [2.05, 4.69) is 14.8 Å². The maximum absolute atomic E-state index is 12.7. The van der Waals surface area contributed by atoms with Gasteiger partial charge in [-0.3, -0.25) is 9.52 Å². The lowest BCUT2D eigenvalue weighted by atomic mass is 10.1. The smallest absolute Gasteiger partial charge is 0.337 e. The number of methoxy groups -OCH3 is 1. The Morgan fingerprint density at radius 2 is 1.42 bits per heavy atom. The van der Waals surface area contributed by atoms with Gasteiger partial charge in [-0.2, -0.15) is 0 Å². The molecule has 160 valence electrons. The fraction of sp³-hybridized carbons (Fsp3) is 0.130. The van der Waals surface area contributed by atoms with Crippen LogP contribution in [0.5, 0.6) is 0 Å². The van der Waals surface area contributed by atoms with Gasteiger partial charge in [0.2, 0.25) is 0 Å². The van der Waals surface area contributed by atoms with E-state index in [9.17, 15) is 18.0 Å². The molecule has 0 unspecified atom stereocenters. The quantitative estimate of drug-likeness (QED) is 0.563. The molecule has 0 saturated carbocycles. The highest BCUT2D eigenvalue weighted by atomic mass is 32.2. The number of carbonyl (C=O) groups is 2. The minimum absolute atomic E-state index is 0.0670. The summed E-state index contributed by atoms with van der Waals surface area (Å²) in [4.78, 5) is 24.2. The summed E-state index contributed by atoms with van der Waals surface area (Å²) in [6.07, 6.45) is 0. The van der Waals surface area contributed by atoms with Crippen LogP contribution in [-0.4, -0.2) is 27.4 Å². The highest BCUT2D eigenvalue weighted by Gasteiger charge is 2.15. The average molecular weight is 439 g/mol. The number of amides is 1. The SMILES string of the molecule is COC(=O)c1cccc(C(=O)Nc2ccc(S(=O)(=O)Nc3cc(C)cc(C)c3)cc2)c1. The van der Waals surface area contributed by atoms with Gasteiger partial charge in [-0.25, -0.2) is 13.2 Å². The van der Waals surface area contributed by atoms with Crippen molar-refractivity contribution in [3.63, 3.8) is 0 Å². The monoisotopic (exact) mass is 438 g/mol. The molecule has 0 aromatic heterocycles. The molecule has 0 aliphatic rings. The van der Waals surface area contributed by atoms with Crippen molar-refractivity contribution in [1.82, 2.24) is 0 Å². The molecule has 3 aromatic rings. The number of ether oxygens (including phenoxy) is 1. The lowest BCUT2D eigenvalue weighted by Crippen LogP contribution is -2.15. The molecular weight excluding hydrogens is 416 g/mol. The molecule has 8 heteroatoms. The molecule has 0 bridgehead atoms. The molecule has 7 nitrogen and oxygen atoms in total. The molecule has 3 aromatic carbocycles. The van der Waals surface area contributed by atoms with Crippen LogP contribution in [0.4, 0.5) is 11.4 Å². The van der Waals surface area contributed by atoms with Gasteiger partial charge in [0, 0.05) is 16.9 Å². The molecule has 0 aliphatic heterocycles. The van der Waals surface area contributed by atoms with Crippen LogP contribution >= 0.6 is 0 Å². The first kappa shape index (κ1) is 22.0. The Kier molecular flexibility index (Phi) is 6.41. The summed E-state index contributed by atoms with van der Waals surface area (Å²) in [5.74, 6) is -0.977. The molecule has 2 N–H and O–H groups in total. The van der Waals surface area contributed by atoms with Crippen molar-refractivity contribution in [3.8, 4) is 0 Å². The van der Waals surface area contributed by atoms with Gasteiger partial charge >= 0.3 is 5.97 Å². The van der Waals surface area contributed by atoms with E-state index in [1.54, 1.807) is 30.3 Å². The summed E-state index contributed by atoms with van der Waals surface area (Å²) in [7, 11) is -2.51. The summed E-state index contributed by atoms with van der Waals surface area (Å²) in [5.41, 5.74) is 3.34. The van der Waals surface area contributed by atoms with E-state index in [1.807, 2.05) is 19.9 Å². The molecule has 31 heavy (non-hydrogen) atoms. The van der Waals surface area contributed by atoms with Crippen LogP contribution in [-0.2, 0) is 14.8 Å². The lowest BCUT2D eigenvalue weighted by molar-refractivity contribution is 0.0600. The summed E-state index contributed by atoms with van der Waals surface area (Å²) in [6, 6.07) is 17.4. The largest absolute Gasteiger partial charge is 0.465 e. The molecule has 0 atom stereocenters. The van der Waals surface area contributed by atoms with Gasteiger partial charge in [-0.05, 0) is 79.6 Å². The summed E-state index contributed by atoms with van der Waals surface area (Å²) >= 11 is 0. The second-order valence-corrected chi connectivity index (χ2v) is 8.72. The van der Waals surface area contributed by atoms with E-state index >= 15 is 0 Å². The summed E-state index contributed by atoms with van der Waals surface area (Å²) in [6.45, 7) is 3.78. The van der Waals surface area contributed by atoms with Crippen LogP contribution in [0.3, 0.4) is 0 Å². The molecule has 0 spiro atoms. The van der Waals surface area contributed by atoms with Crippen LogP contribution in [0, 0.1) is 13.8 Å². The van der Waals surface area contributed by atoms with E-state index in [0.717, 1.165) is 11.1 Å². The van der Waals surface area contributed by atoms with Crippen LogP contribution < -0.4 is 10.0 Å². The number of hydrogen-bond donors (Lipinski definition) is 2. The number of esters is 1. The van der Waals surface area contributed by atoms with E-state index in [0.29, 0.717) is 11.4 Å². The predicted molar refractivity (Wildman–Crippen MR) is 119 cm³/mol. The number of hydrogen-bond acceptors (Lipinski definition) is 5. The molecule has 3 rings (SSSR count). The Morgan fingerprint density at radius 1 is 0.806 bits per heavy atom. The standard InChI is InChI=1S/C23H22N2O5S/c1-15-11-16(2)13-20(12-15)25-31(28,29)21-9-7-19(8-10-21)24-22(26)17-5-4-6-18(14-17)23(27)30-3/h4-14,25H,1-3H3,(H,24,26). The second kappa shape index (κ2) is 9.01.